The maximum atomic E-state index is 15.3. The maximum Gasteiger partial charge on any atom is 0.344 e. The second kappa shape index (κ2) is 13.6. The Morgan fingerprint density at radius 3 is 2.41 bits per heavy atom. The SMILES string of the molecule is CCCOc1ccc(F)c2c(=O)c(-c3ccc(OC(CC)C(=O)O)cc3)cn(CC(=O)N(CC)N3CCOCC3)c12. The summed E-state index contributed by atoms with van der Waals surface area (Å²) in [5.41, 5.74) is 0.316. The normalized spacial score (nSPS) is 14.5. The fourth-order valence-corrected chi connectivity index (χ4v) is 4.86. The molecule has 0 spiro atoms. The number of fused-ring (bicyclic) bond motifs is 1. The van der Waals surface area contributed by atoms with E-state index in [1.165, 1.54) is 12.1 Å². The minimum atomic E-state index is -1.08. The summed E-state index contributed by atoms with van der Waals surface area (Å²) in [6, 6.07) is 9.03. The summed E-state index contributed by atoms with van der Waals surface area (Å²) in [5.74, 6) is -1.38. The number of carbonyl (C=O) groups excluding carboxylic acids is 1. The number of aromatic nitrogens is 1. The van der Waals surface area contributed by atoms with Crippen LogP contribution in [-0.2, 0) is 20.9 Å². The number of carboxylic acids is 1. The van der Waals surface area contributed by atoms with Crippen molar-refractivity contribution in [2.75, 3.05) is 39.5 Å². The first-order valence-electron chi connectivity index (χ1n) is 13.9. The molecule has 2 heterocycles. The van der Waals surface area contributed by atoms with E-state index in [9.17, 15) is 19.5 Å². The van der Waals surface area contributed by atoms with E-state index in [0.29, 0.717) is 62.9 Å². The quantitative estimate of drug-likeness (QED) is 0.349. The lowest BCUT2D eigenvalue weighted by molar-refractivity contribution is -0.156. The van der Waals surface area contributed by atoms with Gasteiger partial charge in [0.1, 0.15) is 23.9 Å². The summed E-state index contributed by atoms with van der Waals surface area (Å²) in [4.78, 5) is 38.7. The van der Waals surface area contributed by atoms with E-state index in [1.807, 2.05) is 18.9 Å². The van der Waals surface area contributed by atoms with Gasteiger partial charge in [0.15, 0.2) is 11.5 Å². The molecule has 3 aromatic rings. The lowest BCUT2D eigenvalue weighted by Gasteiger charge is -2.36. The van der Waals surface area contributed by atoms with Gasteiger partial charge in [0, 0.05) is 31.4 Å². The third-order valence-corrected chi connectivity index (χ3v) is 6.91. The standard InChI is InChI=1S/C30H36FN3O7/c1-4-15-40-25-12-11-23(31)27-28(25)32(19-26(35)34(6-3)33-13-16-39-17-14-33)18-22(29(27)36)20-7-9-21(10-8-20)41-24(5-2)30(37)38/h7-12,18,24H,4-6,13-17,19H2,1-3H3,(H,37,38). The van der Waals surface area contributed by atoms with Crippen molar-refractivity contribution in [2.45, 2.75) is 46.3 Å². The highest BCUT2D eigenvalue weighted by Crippen LogP contribution is 2.30. The number of likely N-dealkylation sites (N-methyl/N-ethyl adjacent to an activating group) is 1. The Balaban J connectivity index is 1.80. The molecule has 1 aliphatic rings. The van der Waals surface area contributed by atoms with E-state index in [4.69, 9.17) is 14.2 Å². The lowest BCUT2D eigenvalue weighted by Crippen LogP contribution is -2.52. The fourth-order valence-electron chi connectivity index (χ4n) is 4.86. The average molecular weight is 570 g/mol. The predicted molar refractivity (Wildman–Crippen MR) is 152 cm³/mol. The van der Waals surface area contributed by atoms with Crippen LogP contribution in [0, 0.1) is 5.82 Å². The number of carboxylic acid groups (broad SMARTS) is 1. The largest absolute Gasteiger partial charge is 0.491 e. The van der Waals surface area contributed by atoms with Gasteiger partial charge in [0.2, 0.25) is 0 Å². The molecule has 0 bridgehead atoms. The number of amides is 1. The first-order chi connectivity index (χ1) is 19.8. The summed E-state index contributed by atoms with van der Waals surface area (Å²) >= 11 is 0. The number of hydrogen-bond donors (Lipinski definition) is 1. The van der Waals surface area contributed by atoms with Crippen LogP contribution in [0.3, 0.4) is 0 Å². The first-order valence-corrected chi connectivity index (χ1v) is 13.9. The van der Waals surface area contributed by atoms with Crippen LogP contribution in [0.1, 0.15) is 33.6 Å². The second-order valence-corrected chi connectivity index (χ2v) is 9.67. The highest BCUT2D eigenvalue weighted by Gasteiger charge is 2.25. The highest BCUT2D eigenvalue weighted by molar-refractivity contribution is 5.90. The molecule has 1 unspecified atom stereocenters. The number of ether oxygens (including phenoxy) is 3. The van der Waals surface area contributed by atoms with Gasteiger partial charge >= 0.3 is 5.97 Å². The third-order valence-electron chi connectivity index (χ3n) is 6.91. The Morgan fingerprint density at radius 2 is 1.80 bits per heavy atom. The molecular weight excluding hydrogens is 533 g/mol. The molecule has 10 nitrogen and oxygen atoms in total. The molecule has 2 aromatic carbocycles. The smallest absolute Gasteiger partial charge is 0.344 e. The van der Waals surface area contributed by atoms with Crippen molar-refractivity contribution in [1.82, 2.24) is 14.6 Å². The number of aliphatic carboxylic acids is 1. The molecule has 0 aliphatic carbocycles. The molecular formula is C30H36FN3O7. The van der Waals surface area contributed by atoms with E-state index in [-0.39, 0.29) is 35.3 Å². The maximum absolute atomic E-state index is 15.3. The molecule has 1 aliphatic heterocycles. The molecule has 220 valence electrons. The molecule has 0 saturated carbocycles. The molecule has 1 amide bonds. The van der Waals surface area contributed by atoms with Gasteiger partial charge in [-0.1, -0.05) is 26.0 Å². The van der Waals surface area contributed by atoms with Crippen LogP contribution in [0.25, 0.3) is 22.0 Å². The topological polar surface area (TPSA) is 111 Å². The van der Waals surface area contributed by atoms with Crippen LogP contribution in [0.2, 0.25) is 0 Å². The van der Waals surface area contributed by atoms with Crippen molar-refractivity contribution in [2.24, 2.45) is 0 Å². The molecule has 11 heteroatoms. The van der Waals surface area contributed by atoms with E-state index in [0.717, 1.165) is 0 Å². The lowest BCUT2D eigenvalue weighted by atomic mass is 10.0. The van der Waals surface area contributed by atoms with Crippen LogP contribution in [0.4, 0.5) is 4.39 Å². The molecule has 1 atom stereocenters. The van der Waals surface area contributed by atoms with Gasteiger partial charge in [-0.15, -0.1) is 0 Å². The van der Waals surface area contributed by atoms with Crippen LogP contribution in [0.15, 0.2) is 47.4 Å². The van der Waals surface area contributed by atoms with Crippen molar-refractivity contribution in [3.8, 4) is 22.6 Å². The zero-order valence-electron chi connectivity index (χ0n) is 23.6. The van der Waals surface area contributed by atoms with Crippen LogP contribution < -0.4 is 14.9 Å². The Labute approximate surface area is 237 Å². The second-order valence-electron chi connectivity index (χ2n) is 9.67. The summed E-state index contributed by atoms with van der Waals surface area (Å²) in [6.45, 7) is 8.35. The molecule has 0 radical (unpaired) electrons. The van der Waals surface area contributed by atoms with Crippen molar-refractivity contribution in [3.63, 3.8) is 0 Å². The molecule has 1 fully saturated rings. The highest BCUT2D eigenvalue weighted by atomic mass is 19.1. The van der Waals surface area contributed by atoms with Gasteiger partial charge in [-0.05, 0) is 49.6 Å². The average Bonchev–Trinajstić information content (AvgIpc) is 2.97. The molecule has 1 aromatic heterocycles. The van der Waals surface area contributed by atoms with E-state index >= 15 is 4.39 Å². The fraction of sp³-hybridized carbons (Fsp3) is 0.433. The van der Waals surface area contributed by atoms with Crippen molar-refractivity contribution in [1.29, 1.82) is 0 Å². The number of hydrogen-bond acceptors (Lipinski definition) is 7. The molecule has 4 rings (SSSR count). The van der Waals surface area contributed by atoms with Crippen LogP contribution in [0.5, 0.6) is 11.5 Å². The van der Waals surface area contributed by atoms with Crippen LogP contribution >= 0.6 is 0 Å². The molecule has 41 heavy (non-hydrogen) atoms. The summed E-state index contributed by atoms with van der Waals surface area (Å²) < 4.78 is 33.8. The van der Waals surface area contributed by atoms with Gasteiger partial charge in [-0.25, -0.2) is 14.2 Å². The number of benzene rings is 2. The molecule has 1 saturated heterocycles. The van der Waals surface area contributed by atoms with Gasteiger partial charge in [0.05, 0.1) is 30.7 Å². The summed E-state index contributed by atoms with van der Waals surface area (Å²) in [5, 5.41) is 12.7. The summed E-state index contributed by atoms with van der Waals surface area (Å²) in [7, 11) is 0. The number of halogens is 1. The number of morpholine rings is 1. The predicted octanol–water partition coefficient (Wildman–Crippen LogP) is 3.93. The zero-order valence-corrected chi connectivity index (χ0v) is 23.6. The van der Waals surface area contributed by atoms with Crippen LogP contribution in [-0.4, -0.2) is 77.1 Å². The number of hydrazine groups is 1. The summed E-state index contributed by atoms with van der Waals surface area (Å²) in [6.07, 6.45) is 1.53. The van der Waals surface area contributed by atoms with Gasteiger partial charge in [-0.2, -0.15) is 0 Å². The van der Waals surface area contributed by atoms with E-state index in [2.05, 4.69) is 0 Å². The van der Waals surface area contributed by atoms with E-state index < -0.39 is 23.3 Å². The Bertz CT molecular complexity index is 1430. The molecule has 1 N–H and O–H groups in total. The number of rotatable bonds is 12. The van der Waals surface area contributed by atoms with Crippen molar-refractivity contribution < 1.29 is 33.3 Å². The van der Waals surface area contributed by atoms with Crippen molar-refractivity contribution >= 4 is 22.8 Å². The minimum absolute atomic E-state index is 0.154. The Hall–Kier alpha value is -3.96. The zero-order chi connectivity index (χ0) is 29.5. The van der Waals surface area contributed by atoms with Crippen molar-refractivity contribution in [3.05, 3.63) is 58.6 Å². The monoisotopic (exact) mass is 569 g/mol. The minimum Gasteiger partial charge on any atom is -0.491 e. The third kappa shape index (κ3) is 6.68. The Morgan fingerprint density at radius 1 is 1.10 bits per heavy atom. The van der Waals surface area contributed by atoms with Gasteiger partial charge in [0.25, 0.3) is 5.91 Å². The first kappa shape index (κ1) is 30.0. The number of pyridine rings is 1. The Kier molecular flexibility index (Phi) is 9.95. The van der Waals surface area contributed by atoms with Gasteiger partial charge in [-0.3, -0.25) is 14.6 Å². The van der Waals surface area contributed by atoms with E-state index in [1.54, 1.807) is 47.0 Å². The number of nitrogens with zero attached hydrogens (tertiary/aromatic N) is 3. The number of carbonyl (C=O) groups is 2. The van der Waals surface area contributed by atoms with Gasteiger partial charge < -0.3 is 23.9 Å².